The standard InChI is InChI=1S/C11H21NOS/c1-12-10(7-9-3-2-4-9)11-8-14-6-5-13-11/h9-12H,2-8H2,1H3. The minimum absolute atomic E-state index is 0.458. The van der Waals surface area contributed by atoms with Crippen LogP contribution in [0.3, 0.4) is 0 Å². The molecular weight excluding hydrogens is 194 g/mol. The number of ether oxygens (including phenoxy) is 1. The monoisotopic (exact) mass is 215 g/mol. The van der Waals surface area contributed by atoms with Gasteiger partial charge in [-0.3, -0.25) is 0 Å². The maximum absolute atomic E-state index is 5.82. The van der Waals surface area contributed by atoms with Gasteiger partial charge in [-0.1, -0.05) is 19.3 Å². The molecule has 2 rings (SSSR count). The van der Waals surface area contributed by atoms with E-state index in [0.717, 1.165) is 12.5 Å². The van der Waals surface area contributed by atoms with Gasteiger partial charge in [0, 0.05) is 17.5 Å². The van der Waals surface area contributed by atoms with E-state index in [1.807, 2.05) is 11.8 Å². The zero-order valence-electron chi connectivity index (χ0n) is 9.00. The Morgan fingerprint density at radius 3 is 2.86 bits per heavy atom. The van der Waals surface area contributed by atoms with Crippen molar-refractivity contribution in [1.29, 1.82) is 0 Å². The van der Waals surface area contributed by atoms with Crippen molar-refractivity contribution < 1.29 is 4.74 Å². The lowest BCUT2D eigenvalue weighted by molar-refractivity contribution is 0.0379. The third-order valence-electron chi connectivity index (χ3n) is 3.47. The summed E-state index contributed by atoms with van der Waals surface area (Å²) in [6, 6.07) is 0.591. The van der Waals surface area contributed by atoms with E-state index in [1.54, 1.807) is 0 Å². The predicted molar refractivity (Wildman–Crippen MR) is 61.9 cm³/mol. The molecule has 0 spiro atoms. The molecule has 0 radical (unpaired) electrons. The Balaban J connectivity index is 1.77. The quantitative estimate of drug-likeness (QED) is 0.774. The molecule has 1 aliphatic carbocycles. The number of nitrogens with one attached hydrogen (secondary N) is 1. The molecule has 1 heterocycles. The second kappa shape index (κ2) is 5.38. The van der Waals surface area contributed by atoms with Crippen molar-refractivity contribution in [3.05, 3.63) is 0 Å². The molecule has 0 aromatic rings. The van der Waals surface area contributed by atoms with Gasteiger partial charge in [-0.25, -0.2) is 0 Å². The van der Waals surface area contributed by atoms with Crippen molar-refractivity contribution in [2.75, 3.05) is 25.2 Å². The van der Waals surface area contributed by atoms with Crippen LogP contribution in [0, 0.1) is 5.92 Å². The van der Waals surface area contributed by atoms with Gasteiger partial charge in [-0.15, -0.1) is 0 Å². The van der Waals surface area contributed by atoms with E-state index < -0.39 is 0 Å². The highest BCUT2D eigenvalue weighted by atomic mass is 32.2. The second-order valence-corrected chi connectivity index (χ2v) is 5.56. The Morgan fingerprint density at radius 2 is 2.36 bits per heavy atom. The molecule has 1 N–H and O–H groups in total. The molecule has 3 heteroatoms. The van der Waals surface area contributed by atoms with Crippen molar-refractivity contribution in [1.82, 2.24) is 5.32 Å². The second-order valence-electron chi connectivity index (χ2n) is 4.41. The van der Waals surface area contributed by atoms with Crippen LogP contribution in [0.15, 0.2) is 0 Å². The normalized spacial score (nSPS) is 31.1. The smallest absolute Gasteiger partial charge is 0.0818 e. The van der Waals surface area contributed by atoms with Crippen LogP contribution in [0.2, 0.25) is 0 Å². The van der Waals surface area contributed by atoms with Gasteiger partial charge in [0.05, 0.1) is 12.7 Å². The SMILES string of the molecule is CNC(CC1CCC1)C1CSCCO1. The van der Waals surface area contributed by atoms with Crippen LogP contribution in [-0.4, -0.2) is 37.3 Å². The fourth-order valence-electron chi connectivity index (χ4n) is 2.28. The molecule has 0 bridgehead atoms. The molecule has 0 aromatic heterocycles. The lowest BCUT2D eigenvalue weighted by atomic mass is 9.80. The zero-order chi connectivity index (χ0) is 9.80. The molecule has 14 heavy (non-hydrogen) atoms. The van der Waals surface area contributed by atoms with Gasteiger partial charge in [0.1, 0.15) is 0 Å². The van der Waals surface area contributed by atoms with Gasteiger partial charge < -0.3 is 10.1 Å². The Labute approximate surface area is 91.2 Å². The van der Waals surface area contributed by atoms with Crippen molar-refractivity contribution >= 4 is 11.8 Å². The summed E-state index contributed by atoms with van der Waals surface area (Å²) >= 11 is 2.03. The highest BCUT2D eigenvalue weighted by Crippen LogP contribution is 2.32. The van der Waals surface area contributed by atoms with E-state index in [-0.39, 0.29) is 0 Å². The Hall–Kier alpha value is 0.270. The average Bonchev–Trinajstić information content (AvgIpc) is 2.18. The summed E-state index contributed by atoms with van der Waals surface area (Å²) in [6.45, 7) is 0.943. The summed E-state index contributed by atoms with van der Waals surface area (Å²) in [7, 11) is 2.08. The van der Waals surface area contributed by atoms with Crippen LogP contribution in [-0.2, 0) is 4.74 Å². The van der Waals surface area contributed by atoms with Crippen LogP contribution >= 0.6 is 11.8 Å². The summed E-state index contributed by atoms with van der Waals surface area (Å²) < 4.78 is 5.82. The summed E-state index contributed by atoms with van der Waals surface area (Å²) in [4.78, 5) is 0. The number of rotatable bonds is 4. The molecule has 1 aliphatic heterocycles. The molecule has 1 saturated carbocycles. The first-order chi connectivity index (χ1) is 6.90. The van der Waals surface area contributed by atoms with Gasteiger partial charge in [0.25, 0.3) is 0 Å². The molecule has 2 aliphatic rings. The van der Waals surface area contributed by atoms with Gasteiger partial charge in [0.15, 0.2) is 0 Å². The lowest BCUT2D eigenvalue weighted by Crippen LogP contribution is -2.44. The molecule has 82 valence electrons. The number of hydrogen-bond donors (Lipinski definition) is 1. The fourth-order valence-corrected chi connectivity index (χ4v) is 3.22. The van der Waals surface area contributed by atoms with Gasteiger partial charge >= 0.3 is 0 Å². The van der Waals surface area contributed by atoms with Crippen LogP contribution in [0.5, 0.6) is 0 Å². The third kappa shape index (κ3) is 2.65. The Bertz CT molecular complexity index is 167. The van der Waals surface area contributed by atoms with Gasteiger partial charge in [-0.2, -0.15) is 11.8 Å². The van der Waals surface area contributed by atoms with Crippen molar-refractivity contribution in [3.8, 4) is 0 Å². The molecule has 2 unspecified atom stereocenters. The maximum Gasteiger partial charge on any atom is 0.0818 e. The van der Waals surface area contributed by atoms with Crippen molar-refractivity contribution in [3.63, 3.8) is 0 Å². The third-order valence-corrected chi connectivity index (χ3v) is 4.49. The molecule has 2 atom stereocenters. The number of hydrogen-bond acceptors (Lipinski definition) is 3. The minimum Gasteiger partial charge on any atom is -0.375 e. The molecule has 0 aromatic carbocycles. The highest BCUT2D eigenvalue weighted by Gasteiger charge is 2.28. The molecule has 0 amide bonds. The van der Waals surface area contributed by atoms with Crippen LogP contribution < -0.4 is 5.32 Å². The fraction of sp³-hybridized carbons (Fsp3) is 1.00. The molecular formula is C11H21NOS. The van der Waals surface area contributed by atoms with Crippen molar-refractivity contribution in [2.24, 2.45) is 5.92 Å². The maximum atomic E-state index is 5.82. The van der Waals surface area contributed by atoms with E-state index >= 15 is 0 Å². The first-order valence-electron chi connectivity index (χ1n) is 5.76. The predicted octanol–water partition coefficient (Wildman–Crippen LogP) is 1.90. The zero-order valence-corrected chi connectivity index (χ0v) is 9.81. The van der Waals surface area contributed by atoms with E-state index in [1.165, 1.54) is 37.2 Å². The highest BCUT2D eigenvalue weighted by molar-refractivity contribution is 7.99. The Morgan fingerprint density at radius 1 is 1.50 bits per heavy atom. The number of likely N-dealkylation sites (N-methyl/N-ethyl adjacent to an activating group) is 1. The van der Waals surface area contributed by atoms with Gasteiger partial charge in [0.2, 0.25) is 0 Å². The summed E-state index contributed by atoms with van der Waals surface area (Å²) in [5.74, 6) is 3.33. The minimum atomic E-state index is 0.458. The topological polar surface area (TPSA) is 21.3 Å². The number of thioether (sulfide) groups is 1. The van der Waals surface area contributed by atoms with Crippen LogP contribution in [0.1, 0.15) is 25.7 Å². The van der Waals surface area contributed by atoms with Crippen LogP contribution in [0.25, 0.3) is 0 Å². The molecule has 2 fully saturated rings. The molecule has 1 saturated heterocycles. The van der Waals surface area contributed by atoms with E-state index in [4.69, 9.17) is 4.74 Å². The van der Waals surface area contributed by atoms with E-state index in [2.05, 4.69) is 12.4 Å². The first kappa shape index (κ1) is 10.8. The summed E-state index contributed by atoms with van der Waals surface area (Å²) in [5, 5.41) is 3.43. The lowest BCUT2D eigenvalue weighted by Gasteiger charge is -2.35. The summed E-state index contributed by atoms with van der Waals surface area (Å²) in [5.41, 5.74) is 0. The first-order valence-corrected chi connectivity index (χ1v) is 6.92. The van der Waals surface area contributed by atoms with E-state index in [9.17, 15) is 0 Å². The van der Waals surface area contributed by atoms with Crippen LogP contribution in [0.4, 0.5) is 0 Å². The summed E-state index contributed by atoms with van der Waals surface area (Å²) in [6.07, 6.45) is 6.11. The van der Waals surface area contributed by atoms with Crippen molar-refractivity contribution in [2.45, 2.75) is 37.8 Å². The largest absolute Gasteiger partial charge is 0.375 e. The molecule has 2 nitrogen and oxygen atoms in total. The van der Waals surface area contributed by atoms with Gasteiger partial charge in [-0.05, 0) is 19.4 Å². The van der Waals surface area contributed by atoms with E-state index in [0.29, 0.717) is 12.1 Å². The Kier molecular flexibility index (Phi) is 4.14. The average molecular weight is 215 g/mol.